The maximum absolute atomic E-state index is 5.49. The van der Waals surface area contributed by atoms with Crippen molar-refractivity contribution in [3.63, 3.8) is 0 Å². The molecular formula is C18H30N4O. The minimum absolute atomic E-state index is 0.908. The van der Waals surface area contributed by atoms with E-state index in [9.17, 15) is 0 Å². The first-order chi connectivity index (χ1) is 11.3. The van der Waals surface area contributed by atoms with E-state index in [1.165, 1.54) is 12.1 Å². The lowest BCUT2D eigenvalue weighted by molar-refractivity contribution is 0.367. The monoisotopic (exact) mass is 318 g/mol. The van der Waals surface area contributed by atoms with Crippen molar-refractivity contribution in [1.82, 2.24) is 10.2 Å². The van der Waals surface area contributed by atoms with E-state index in [1.807, 2.05) is 12.1 Å². The number of para-hydroxylation sites is 2. The van der Waals surface area contributed by atoms with E-state index in [-0.39, 0.29) is 0 Å². The van der Waals surface area contributed by atoms with Crippen molar-refractivity contribution >= 4 is 11.6 Å². The lowest BCUT2D eigenvalue weighted by Crippen LogP contribution is -2.52. The maximum atomic E-state index is 5.49. The zero-order valence-corrected chi connectivity index (χ0v) is 14.7. The molecule has 0 atom stereocenters. The SMILES string of the molecule is CCCCN=C(NCC)N1CCN(c2ccccc2OC)CC1. The lowest BCUT2D eigenvalue weighted by atomic mass is 10.2. The van der Waals surface area contributed by atoms with Crippen LogP contribution in [0.4, 0.5) is 5.69 Å². The predicted octanol–water partition coefficient (Wildman–Crippen LogP) is 2.58. The highest BCUT2D eigenvalue weighted by Gasteiger charge is 2.21. The van der Waals surface area contributed by atoms with E-state index in [0.717, 1.165) is 57.4 Å². The molecule has 0 amide bonds. The number of hydrogen-bond acceptors (Lipinski definition) is 3. The van der Waals surface area contributed by atoms with Gasteiger partial charge in [-0.1, -0.05) is 25.5 Å². The Balaban J connectivity index is 1.97. The molecule has 1 aromatic rings. The van der Waals surface area contributed by atoms with Gasteiger partial charge in [-0.2, -0.15) is 0 Å². The number of hydrogen-bond donors (Lipinski definition) is 1. The summed E-state index contributed by atoms with van der Waals surface area (Å²) in [5.74, 6) is 2.00. The Morgan fingerprint density at radius 2 is 1.91 bits per heavy atom. The van der Waals surface area contributed by atoms with Gasteiger partial charge in [-0.05, 0) is 25.5 Å². The van der Waals surface area contributed by atoms with Gasteiger partial charge in [-0.3, -0.25) is 4.99 Å². The quantitative estimate of drug-likeness (QED) is 0.497. The first-order valence-corrected chi connectivity index (χ1v) is 8.71. The topological polar surface area (TPSA) is 40.1 Å². The van der Waals surface area contributed by atoms with Gasteiger partial charge in [0.1, 0.15) is 5.75 Å². The summed E-state index contributed by atoms with van der Waals surface area (Å²) < 4.78 is 5.49. The molecule has 0 spiro atoms. The summed E-state index contributed by atoms with van der Waals surface area (Å²) >= 11 is 0. The van der Waals surface area contributed by atoms with Crippen LogP contribution < -0.4 is 15.0 Å². The van der Waals surface area contributed by atoms with Crippen molar-refractivity contribution in [3.8, 4) is 5.75 Å². The van der Waals surface area contributed by atoms with Crippen LogP contribution in [0.2, 0.25) is 0 Å². The highest BCUT2D eigenvalue weighted by Crippen LogP contribution is 2.28. The molecule has 1 aliphatic rings. The van der Waals surface area contributed by atoms with E-state index in [0.29, 0.717) is 0 Å². The number of nitrogens with zero attached hydrogens (tertiary/aromatic N) is 3. The number of guanidine groups is 1. The first kappa shape index (κ1) is 17.4. The third-order valence-corrected chi connectivity index (χ3v) is 4.11. The van der Waals surface area contributed by atoms with Gasteiger partial charge in [0.2, 0.25) is 0 Å². The summed E-state index contributed by atoms with van der Waals surface area (Å²) in [6.45, 7) is 10.1. The molecule has 2 rings (SSSR count). The number of benzene rings is 1. The van der Waals surface area contributed by atoms with Gasteiger partial charge in [0.05, 0.1) is 12.8 Å². The third kappa shape index (κ3) is 4.78. The minimum atomic E-state index is 0.908. The van der Waals surface area contributed by atoms with Gasteiger partial charge in [0, 0.05) is 39.3 Å². The van der Waals surface area contributed by atoms with E-state index in [2.05, 4.69) is 41.1 Å². The van der Waals surface area contributed by atoms with Crippen molar-refractivity contribution in [2.24, 2.45) is 4.99 Å². The van der Waals surface area contributed by atoms with Crippen molar-refractivity contribution in [2.75, 3.05) is 51.3 Å². The van der Waals surface area contributed by atoms with Crippen LogP contribution >= 0.6 is 0 Å². The van der Waals surface area contributed by atoms with Crippen LogP contribution in [0.3, 0.4) is 0 Å². The third-order valence-electron chi connectivity index (χ3n) is 4.11. The largest absolute Gasteiger partial charge is 0.495 e. The molecule has 0 aromatic heterocycles. The molecule has 128 valence electrons. The zero-order chi connectivity index (χ0) is 16.5. The van der Waals surface area contributed by atoms with Gasteiger partial charge < -0.3 is 19.9 Å². The average Bonchev–Trinajstić information content (AvgIpc) is 2.61. The second-order valence-corrected chi connectivity index (χ2v) is 5.74. The van der Waals surface area contributed by atoms with E-state index in [4.69, 9.17) is 9.73 Å². The van der Waals surface area contributed by atoms with Crippen LogP contribution in [-0.2, 0) is 0 Å². The molecule has 23 heavy (non-hydrogen) atoms. The molecule has 1 N–H and O–H groups in total. The van der Waals surface area contributed by atoms with Crippen LogP contribution in [-0.4, -0.2) is 57.2 Å². The fraction of sp³-hybridized carbons (Fsp3) is 0.611. The Morgan fingerprint density at radius 3 is 2.57 bits per heavy atom. The van der Waals surface area contributed by atoms with E-state index < -0.39 is 0 Å². The Hall–Kier alpha value is -1.91. The molecule has 1 aliphatic heterocycles. The molecule has 0 aliphatic carbocycles. The molecule has 5 nitrogen and oxygen atoms in total. The van der Waals surface area contributed by atoms with Crippen molar-refractivity contribution in [3.05, 3.63) is 24.3 Å². The summed E-state index contributed by atoms with van der Waals surface area (Å²) in [7, 11) is 1.73. The summed E-state index contributed by atoms with van der Waals surface area (Å²) in [5, 5.41) is 3.42. The average molecular weight is 318 g/mol. The molecular weight excluding hydrogens is 288 g/mol. The van der Waals surface area contributed by atoms with Crippen molar-refractivity contribution in [1.29, 1.82) is 0 Å². The molecule has 5 heteroatoms. The number of unbranched alkanes of at least 4 members (excludes halogenated alkanes) is 1. The Kier molecular flexibility index (Phi) is 7.04. The number of piperazine rings is 1. The predicted molar refractivity (Wildman–Crippen MR) is 97.7 cm³/mol. The first-order valence-electron chi connectivity index (χ1n) is 8.71. The molecule has 0 unspecified atom stereocenters. The Bertz CT molecular complexity index is 496. The zero-order valence-electron chi connectivity index (χ0n) is 14.7. The normalized spacial score (nSPS) is 15.7. The summed E-state index contributed by atoms with van der Waals surface area (Å²) in [4.78, 5) is 9.51. The van der Waals surface area contributed by atoms with Crippen molar-refractivity contribution in [2.45, 2.75) is 26.7 Å². The molecule has 0 saturated carbocycles. The second kappa shape index (κ2) is 9.28. The standard InChI is InChI=1S/C18H30N4O/c1-4-6-11-20-18(19-5-2)22-14-12-21(13-15-22)16-9-7-8-10-17(16)23-3/h7-10H,4-6,11-15H2,1-3H3,(H,19,20). The highest BCUT2D eigenvalue weighted by molar-refractivity contribution is 5.80. The molecule has 1 saturated heterocycles. The summed E-state index contributed by atoms with van der Waals surface area (Å²) in [6, 6.07) is 8.25. The molecule has 1 heterocycles. The van der Waals surface area contributed by atoms with Crippen LogP contribution in [0.5, 0.6) is 5.75 Å². The fourth-order valence-electron chi connectivity index (χ4n) is 2.82. The number of nitrogens with one attached hydrogen (secondary N) is 1. The molecule has 1 aromatic carbocycles. The van der Waals surface area contributed by atoms with E-state index >= 15 is 0 Å². The highest BCUT2D eigenvalue weighted by atomic mass is 16.5. The van der Waals surface area contributed by atoms with Gasteiger partial charge in [-0.25, -0.2) is 0 Å². The van der Waals surface area contributed by atoms with Gasteiger partial charge >= 0.3 is 0 Å². The van der Waals surface area contributed by atoms with Crippen LogP contribution in [0.1, 0.15) is 26.7 Å². The lowest BCUT2D eigenvalue weighted by Gasteiger charge is -2.38. The number of methoxy groups -OCH3 is 1. The number of aliphatic imine (C=N–C) groups is 1. The van der Waals surface area contributed by atoms with Crippen LogP contribution in [0, 0.1) is 0 Å². The number of ether oxygens (including phenoxy) is 1. The van der Waals surface area contributed by atoms with Crippen molar-refractivity contribution < 1.29 is 4.74 Å². The van der Waals surface area contributed by atoms with Crippen LogP contribution in [0.15, 0.2) is 29.3 Å². The molecule has 0 bridgehead atoms. The molecule has 0 radical (unpaired) electrons. The van der Waals surface area contributed by atoms with E-state index in [1.54, 1.807) is 7.11 Å². The summed E-state index contributed by atoms with van der Waals surface area (Å²) in [6.07, 6.45) is 2.33. The number of rotatable bonds is 6. The van der Waals surface area contributed by atoms with Gasteiger partial charge in [0.25, 0.3) is 0 Å². The van der Waals surface area contributed by atoms with Gasteiger partial charge in [0.15, 0.2) is 5.96 Å². The summed E-state index contributed by atoms with van der Waals surface area (Å²) in [5.41, 5.74) is 1.18. The maximum Gasteiger partial charge on any atom is 0.194 e. The Morgan fingerprint density at radius 1 is 1.17 bits per heavy atom. The fourth-order valence-corrected chi connectivity index (χ4v) is 2.82. The number of anilines is 1. The van der Waals surface area contributed by atoms with Gasteiger partial charge in [-0.15, -0.1) is 0 Å². The van der Waals surface area contributed by atoms with Crippen LogP contribution in [0.25, 0.3) is 0 Å². The molecule has 1 fully saturated rings. The second-order valence-electron chi connectivity index (χ2n) is 5.74. The smallest absolute Gasteiger partial charge is 0.194 e. The Labute approximate surface area is 140 Å². The minimum Gasteiger partial charge on any atom is -0.495 e.